The van der Waals surface area contributed by atoms with Crippen molar-refractivity contribution in [2.24, 2.45) is 0 Å². The molecule has 0 atom stereocenters. The van der Waals surface area contributed by atoms with E-state index < -0.39 is 0 Å². The second-order valence-corrected chi connectivity index (χ2v) is 7.11. The number of hydrogen-bond acceptors (Lipinski definition) is 4. The number of carbonyl (C=O) groups is 1. The molecule has 0 saturated carbocycles. The first-order valence-electron chi connectivity index (χ1n) is 8.91. The number of benzene rings is 3. The van der Waals surface area contributed by atoms with Crippen molar-refractivity contribution in [3.8, 4) is 27.6 Å². The van der Waals surface area contributed by atoms with E-state index in [2.05, 4.69) is 10.3 Å². The van der Waals surface area contributed by atoms with Crippen LogP contribution in [0, 0.1) is 5.82 Å². The van der Waals surface area contributed by atoms with Gasteiger partial charge in [0.25, 0.3) is 5.91 Å². The van der Waals surface area contributed by atoms with Crippen molar-refractivity contribution in [2.45, 2.75) is 0 Å². The largest absolute Gasteiger partial charge is 0.497 e. The van der Waals surface area contributed by atoms with Crippen LogP contribution in [-0.4, -0.2) is 18.0 Å². The molecule has 3 aromatic carbocycles. The van der Waals surface area contributed by atoms with E-state index in [1.165, 1.54) is 17.4 Å². The minimum Gasteiger partial charge on any atom is -0.497 e. The first-order chi connectivity index (χ1) is 14.2. The Morgan fingerprint density at radius 1 is 1.00 bits per heavy atom. The van der Waals surface area contributed by atoms with Gasteiger partial charge in [0.15, 0.2) is 0 Å². The van der Waals surface area contributed by atoms with Crippen molar-refractivity contribution in [1.29, 1.82) is 0 Å². The van der Waals surface area contributed by atoms with Crippen molar-refractivity contribution in [2.75, 3.05) is 12.4 Å². The molecule has 1 heterocycles. The number of methoxy groups -OCH3 is 1. The number of amides is 1. The Bertz CT molecular complexity index is 1170. The maximum Gasteiger partial charge on any atom is 0.255 e. The van der Waals surface area contributed by atoms with Gasteiger partial charge in [-0.25, -0.2) is 9.37 Å². The van der Waals surface area contributed by atoms with Crippen molar-refractivity contribution in [3.05, 3.63) is 89.6 Å². The normalized spacial score (nSPS) is 10.6. The maximum atomic E-state index is 14.1. The summed E-state index contributed by atoms with van der Waals surface area (Å²) in [5.41, 5.74) is 3.02. The van der Waals surface area contributed by atoms with Crippen molar-refractivity contribution >= 4 is 22.9 Å². The SMILES string of the molecule is COc1cccc(C(=O)Nc2ccccc2-c2csc(-c3ccccc3F)n2)c1. The second-order valence-electron chi connectivity index (χ2n) is 6.25. The number of aromatic nitrogens is 1. The number of nitrogens with zero attached hydrogens (tertiary/aromatic N) is 1. The molecule has 4 rings (SSSR count). The van der Waals surface area contributed by atoms with Crippen LogP contribution in [0.5, 0.6) is 5.75 Å². The van der Waals surface area contributed by atoms with Gasteiger partial charge >= 0.3 is 0 Å². The number of hydrogen-bond donors (Lipinski definition) is 1. The quantitative estimate of drug-likeness (QED) is 0.452. The summed E-state index contributed by atoms with van der Waals surface area (Å²) in [6.07, 6.45) is 0. The van der Waals surface area contributed by atoms with Crippen molar-refractivity contribution in [1.82, 2.24) is 4.98 Å². The summed E-state index contributed by atoms with van der Waals surface area (Å²) in [4.78, 5) is 17.3. The number of para-hydroxylation sites is 1. The van der Waals surface area contributed by atoms with E-state index in [0.717, 1.165) is 5.56 Å². The number of nitrogens with one attached hydrogen (secondary N) is 1. The number of carbonyl (C=O) groups excluding carboxylic acids is 1. The third-order valence-electron chi connectivity index (χ3n) is 4.39. The summed E-state index contributed by atoms with van der Waals surface area (Å²) in [5.74, 6) is 0.0499. The summed E-state index contributed by atoms with van der Waals surface area (Å²) in [7, 11) is 1.56. The maximum absolute atomic E-state index is 14.1. The fourth-order valence-corrected chi connectivity index (χ4v) is 3.78. The van der Waals surface area contributed by atoms with Crippen LogP contribution >= 0.6 is 11.3 Å². The molecule has 1 amide bonds. The van der Waals surface area contributed by atoms with Gasteiger partial charge in [0.05, 0.1) is 18.5 Å². The van der Waals surface area contributed by atoms with Crippen LogP contribution in [-0.2, 0) is 0 Å². The molecule has 4 aromatic rings. The summed E-state index contributed by atoms with van der Waals surface area (Å²) >= 11 is 1.36. The van der Waals surface area contributed by atoms with Gasteiger partial charge in [0.2, 0.25) is 0 Å². The minimum atomic E-state index is -0.312. The molecule has 1 aromatic heterocycles. The Kier molecular flexibility index (Phi) is 5.35. The topological polar surface area (TPSA) is 51.2 Å². The molecule has 6 heteroatoms. The molecule has 0 aliphatic carbocycles. The lowest BCUT2D eigenvalue weighted by molar-refractivity contribution is 0.102. The van der Waals surface area contributed by atoms with Crippen LogP contribution in [0.1, 0.15) is 10.4 Å². The molecule has 29 heavy (non-hydrogen) atoms. The molecule has 0 fully saturated rings. The fraction of sp³-hybridized carbons (Fsp3) is 0.0435. The van der Waals surface area contributed by atoms with Gasteiger partial charge in [-0.2, -0.15) is 0 Å². The second kappa shape index (κ2) is 8.24. The van der Waals surface area contributed by atoms with Crippen LogP contribution in [0.2, 0.25) is 0 Å². The Balaban J connectivity index is 1.64. The zero-order chi connectivity index (χ0) is 20.2. The van der Waals surface area contributed by atoms with E-state index in [1.54, 1.807) is 49.6 Å². The molecule has 0 spiro atoms. The number of rotatable bonds is 5. The molecule has 0 aliphatic heterocycles. The Labute approximate surface area is 171 Å². The first-order valence-corrected chi connectivity index (χ1v) is 9.79. The van der Waals surface area contributed by atoms with Gasteiger partial charge < -0.3 is 10.1 Å². The lowest BCUT2D eigenvalue weighted by atomic mass is 10.1. The Hall–Kier alpha value is -3.51. The van der Waals surface area contributed by atoms with E-state index in [0.29, 0.717) is 33.3 Å². The van der Waals surface area contributed by atoms with E-state index in [9.17, 15) is 9.18 Å². The van der Waals surface area contributed by atoms with Gasteiger partial charge in [-0.3, -0.25) is 4.79 Å². The fourth-order valence-electron chi connectivity index (χ4n) is 2.93. The summed E-state index contributed by atoms with van der Waals surface area (Å²) in [6.45, 7) is 0. The van der Waals surface area contributed by atoms with Gasteiger partial charge in [0.1, 0.15) is 16.6 Å². The average molecular weight is 404 g/mol. The number of thiazole rings is 1. The molecule has 0 aliphatic rings. The third-order valence-corrected chi connectivity index (χ3v) is 5.27. The molecule has 0 bridgehead atoms. The van der Waals surface area contributed by atoms with Crippen molar-refractivity contribution in [3.63, 3.8) is 0 Å². The van der Waals surface area contributed by atoms with Gasteiger partial charge in [-0.15, -0.1) is 11.3 Å². The molecular formula is C23H17FN2O2S. The van der Waals surface area contributed by atoms with E-state index >= 15 is 0 Å². The number of halogens is 1. The molecule has 0 unspecified atom stereocenters. The zero-order valence-electron chi connectivity index (χ0n) is 15.6. The monoisotopic (exact) mass is 404 g/mol. The van der Waals surface area contributed by atoms with E-state index in [-0.39, 0.29) is 11.7 Å². The Morgan fingerprint density at radius 3 is 2.55 bits per heavy atom. The standard InChI is InChI=1S/C23H17FN2O2S/c1-28-16-8-6-7-15(13-16)22(27)25-20-12-5-3-10-18(20)21-14-29-23(26-21)17-9-2-4-11-19(17)24/h2-14H,1H3,(H,25,27). The van der Waals surface area contributed by atoms with Gasteiger partial charge in [0, 0.05) is 22.1 Å². The lowest BCUT2D eigenvalue weighted by Gasteiger charge is -2.10. The highest BCUT2D eigenvalue weighted by Gasteiger charge is 2.15. The van der Waals surface area contributed by atoms with Crippen molar-refractivity contribution < 1.29 is 13.9 Å². The van der Waals surface area contributed by atoms with Gasteiger partial charge in [-0.1, -0.05) is 36.4 Å². The zero-order valence-corrected chi connectivity index (χ0v) is 16.4. The van der Waals surface area contributed by atoms with Gasteiger partial charge in [-0.05, 0) is 36.4 Å². The van der Waals surface area contributed by atoms with Crippen LogP contribution in [0.4, 0.5) is 10.1 Å². The van der Waals surface area contributed by atoms with E-state index in [4.69, 9.17) is 4.74 Å². The van der Waals surface area contributed by atoms with Crippen LogP contribution < -0.4 is 10.1 Å². The summed E-state index contributed by atoms with van der Waals surface area (Å²) < 4.78 is 19.3. The Morgan fingerprint density at radius 2 is 1.76 bits per heavy atom. The highest BCUT2D eigenvalue weighted by Crippen LogP contribution is 2.33. The molecule has 0 radical (unpaired) electrons. The predicted octanol–water partition coefficient (Wildman–Crippen LogP) is 5.88. The number of anilines is 1. The lowest BCUT2D eigenvalue weighted by Crippen LogP contribution is -2.12. The molecular weight excluding hydrogens is 387 g/mol. The van der Waals surface area contributed by atoms with E-state index in [1.807, 2.05) is 29.6 Å². The molecule has 1 N–H and O–H groups in total. The van der Waals surface area contributed by atoms with Crippen LogP contribution in [0.3, 0.4) is 0 Å². The smallest absolute Gasteiger partial charge is 0.255 e. The van der Waals surface area contributed by atoms with Crippen LogP contribution in [0.25, 0.3) is 21.8 Å². The predicted molar refractivity (Wildman–Crippen MR) is 114 cm³/mol. The average Bonchev–Trinajstić information content (AvgIpc) is 3.24. The highest BCUT2D eigenvalue weighted by atomic mass is 32.1. The molecule has 0 saturated heterocycles. The third kappa shape index (κ3) is 4.02. The summed E-state index contributed by atoms with van der Waals surface area (Å²) in [5, 5.41) is 5.38. The van der Waals surface area contributed by atoms with Crippen LogP contribution in [0.15, 0.2) is 78.2 Å². The minimum absolute atomic E-state index is 0.249. The number of ether oxygens (including phenoxy) is 1. The molecule has 144 valence electrons. The molecule has 4 nitrogen and oxygen atoms in total. The summed E-state index contributed by atoms with van der Waals surface area (Å²) in [6, 6.07) is 20.9. The highest BCUT2D eigenvalue weighted by molar-refractivity contribution is 7.13. The first kappa shape index (κ1) is 18.8.